The quantitative estimate of drug-likeness (QED) is 0.877. The molecule has 1 heterocycles. The minimum Gasteiger partial charge on any atom is -0.471 e. The molecule has 0 unspecified atom stereocenters. The van der Waals surface area contributed by atoms with Crippen molar-refractivity contribution in [3.8, 4) is 5.88 Å². The largest absolute Gasteiger partial charge is 0.471 e. The highest BCUT2D eigenvalue weighted by atomic mass is 16.5. The molecule has 0 aliphatic rings. The topological polar surface area (TPSA) is 47.0 Å². The summed E-state index contributed by atoms with van der Waals surface area (Å²) in [7, 11) is 0. The number of rotatable bonds is 3. The summed E-state index contributed by atoms with van der Waals surface area (Å²) in [6, 6.07) is 0. The summed E-state index contributed by atoms with van der Waals surface area (Å²) in [4.78, 5) is 8.56. The predicted molar refractivity (Wildman–Crippen MR) is 69.0 cm³/mol. The van der Waals surface area contributed by atoms with E-state index < -0.39 is 0 Å². The fourth-order valence-electron chi connectivity index (χ4n) is 1.16. The van der Waals surface area contributed by atoms with Gasteiger partial charge in [0.15, 0.2) is 0 Å². The van der Waals surface area contributed by atoms with Crippen LogP contribution in [0.1, 0.15) is 47.2 Å². The maximum atomic E-state index is 5.61. The standard InChI is InChI=1S/C13H23N3O/c1-12(2,3)16-8-10-7-15-11(9-14-10)17-13(4,5)6/h7,9,16H,8H2,1-6H3. The average molecular weight is 237 g/mol. The fraction of sp³-hybridized carbons (Fsp3) is 0.692. The third-order valence-electron chi connectivity index (χ3n) is 1.89. The Bertz CT molecular complexity index is 346. The van der Waals surface area contributed by atoms with Gasteiger partial charge in [0, 0.05) is 12.1 Å². The Hall–Kier alpha value is -1.16. The fourth-order valence-corrected chi connectivity index (χ4v) is 1.16. The molecule has 1 aromatic rings. The summed E-state index contributed by atoms with van der Waals surface area (Å²) in [6.45, 7) is 13.1. The van der Waals surface area contributed by atoms with Gasteiger partial charge in [-0.2, -0.15) is 0 Å². The first-order valence-electron chi connectivity index (χ1n) is 5.91. The van der Waals surface area contributed by atoms with E-state index in [1.807, 2.05) is 20.8 Å². The van der Waals surface area contributed by atoms with Crippen LogP contribution in [0.3, 0.4) is 0 Å². The molecule has 4 nitrogen and oxygen atoms in total. The smallest absolute Gasteiger partial charge is 0.232 e. The second-order valence-electron chi connectivity index (χ2n) is 6.16. The van der Waals surface area contributed by atoms with Crippen molar-refractivity contribution in [2.24, 2.45) is 0 Å². The van der Waals surface area contributed by atoms with Gasteiger partial charge in [-0.1, -0.05) is 0 Å². The molecule has 0 atom stereocenters. The second-order valence-corrected chi connectivity index (χ2v) is 6.16. The molecule has 0 bridgehead atoms. The van der Waals surface area contributed by atoms with E-state index in [-0.39, 0.29) is 11.1 Å². The van der Waals surface area contributed by atoms with Gasteiger partial charge in [0.1, 0.15) is 5.60 Å². The summed E-state index contributed by atoms with van der Waals surface area (Å²) in [5, 5.41) is 3.36. The highest BCUT2D eigenvalue weighted by Gasteiger charge is 2.13. The molecule has 17 heavy (non-hydrogen) atoms. The lowest BCUT2D eigenvalue weighted by molar-refractivity contribution is 0.123. The normalized spacial score (nSPS) is 12.6. The first kappa shape index (κ1) is 13.9. The number of hydrogen-bond acceptors (Lipinski definition) is 4. The maximum absolute atomic E-state index is 5.61. The molecule has 0 spiro atoms. The zero-order valence-corrected chi connectivity index (χ0v) is 11.7. The molecular weight excluding hydrogens is 214 g/mol. The number of nitrogens with one attached hydrogen (secondary N) is 1. The van der Waals surface area contributed by atoms with Crippen LogP contribution in [-0.4, -0.2) is 21.1 Å². The van der Waals surface area contributed by atoms with Crippen molar-refractivity contribution < 1.29 is 4.74 Å². The van der Waals surface area contributed by atoms with Crippen LogP contribution >= 0.6 is 0 Å². The van der Waals surface area contributed by atoms with Gasteiger partial charge in [-0.15, -0.1) is 0 Å². The number of hydrogen-bond donors (Lipinski definition) is 1. The number of ether oxygens (including phenoxy) is 1. The van der Waals surface area contributed by atoms with Gasteiger partial charge >= 0.3 is 0 Å². The Morgan fingerprint density at radius 3 is 2.12 bits per heavy atom. The van der Waals surface area contributed by atoms with Crippen LogP contribution in [0.25, 0.3) is 0 Å². The Morgan fingerprint density at radius 1 is 1.06 bits per heavy atom. The van der Waals surface area contributed by atoms with E-state index in [4.69, 9.17) is 4.74 Å². The summed E-state index contributed by atoms with van der Waals surface area (Å²) in [5.74, 6) is 0.567. The minimum atomic E-state index is -0.236. The minimum absolute atomic E-state index is 0.0856. The van der Waals surface area contributed by atoms with Crippen molar-refractivity contribution in [2.45, 2.75) is 59.2 Å². The van der Waals surface area contributed by atoms with Crippen molar-refractivity contribution in [2.75, 3.05) is 0 Å². The zero-order valence-electron chi connectivity index (χ0n) is 11.7. The molecule has 0 fully saturated rings. The van der Waals surface area contributed by atoms with Gasteiger partial charge in [0.25, 0.3) is 0 Å². The Morgan fingerprint density at radius 2 is 1.71 bits per heavy atom. The first-order chi connectivity index (χ1) is 7.66. The highest BCUT2D eigenvalue weighted by Crippen LogP contribution is 2.13. The molecule has 0 aliphatic carbocycles. The van der Waals surface area contributed by atoms with Crippen molar-refractivity contribution in [3.05, 3.63) is 18.1 Å². The number of nitrogens with zero attached hydrogens (tertiary/aromatic N) is 2. The van der Waals surface area contributed by atoms with E-state index in [1.54, 1.807) is 12.4 Å². The number of aromatic nitrogens is 2. The summed E-state index contributed by atoms with van der Waals surface area (Å²) in [5.41, 5.74) is 0.767. The van der Waals surface area contributed by atoms with E-state index in [0.717, 1.165) is 5.69 Å². The SMILES string of the molecule is CC(C)(C)NCc1cnc(OC(C)(C)C)cn1. The van der Waals surface area contributed by atoms with Gasteiger partial charge in [-0.3, -0.25) is 4.98 Å². The summed E-state index contributed by atoms with van der Waals surface area (Å²) >= 11 is 0. The Labute approximate surface area is 104 Å². The second kappa shape index (κ2) is 5.00. The monoisotopic (exact) mass is 237 g/mol. The molecule has 0 saturated heterocycles. The van der Waals surface area contributed by atoms with Crippen LogP contribution < -0.4 is 10.1 Å². The molecule has 0 amide bonds. The van der Waals surface area contributed by atoms with E-state index in [0.29, 0.717) is 12.4 Å². The highest BCUT2D eigenvalue weighted by molar-refractivity contribution is 5.08. The third-order valence-corrected chi connectivity index (χ3v) is 1.89. The molecule has 0 radical (unpaired) electrons. The van der Waals surface area contributed by atoms with Crippen LogP contribution in [0.15, 0.2) is 12.4 Å². The van der Waals surface area contributed by atoms with Crippen LogP contribution in [0.5, 0.6) is 5.88 Å². The molecule has 96 valence electrons. The lowest BCUT2D eigenvalue weighted by Gasteiger charge is -2.21. The van der Waals surface area contributed by atoms with E-state index in [1.165, 1.54) is 0 Å². The summed E-state index contributed by atoms with van der Waals surface area (Å²) < 4.78 is 5.61. The van der Waals surface area contributed by atoms with Gasteiger partial charge in [-0.25, -0.2) is 4.98 Å². The first-order valence-corrected chi connectivity index (χ1v) is 5.91. The van der Waals surface area contributed by atoms with Gasteiger partial charge in [0.2, 0.25) is 5.88 Å². The van der Waals surface area contributed by atoms with Gasteiger partial charge < -0.3 is 10.1 Å². The van der Waals surface area contributed by atoms with Crippen LogP contribution in [0.2, 0.25) is 0 Å². The molecular formula is C13H23N3O. The van der Waals surface area contributed by atoms with E-state index in [2.05, 4.69) is 36.1 Å². The molecule has 4 heteroatoms. The van der Waals surface area contributed by atoms with Crippen molar-refractivity contribution in [1.29, 1.82) is 0 Å². The lowest BCUT2D eigenvalue weighted by Crippen LogP contribution is -2.35. The van der Waals surface area contributed by atoms with Crippen molar-refractivity contribution in [3.63, 3.8) is 0 Å². The van der Waals surface area contributed by atoms with Gasteiger partial charge in [0.05, 0.1) is 18.1 Å². The third kappa shape index (κ3) is 6.22. The average Bonchev–Trinajstić information content (AvgIpc) is 2.13. The molecule has 1 aromatic heterocycles. The van der Waals surface area contributed by atoms with Crippen molar-refractivity contribution >= 4 is 0 Å². The molecule has 1 N–H and O–H groups in total. The maximum Gasteiger partial charge on any atom is 0.232 e. The van der Waals surface area contributed by atoms with E-state index >= 15 is 0 Å². The van der Waals surface area contributed by atoms with Crippen LogP contribution in [0, 0.1) is 0 Å². The summed E-state index contributed by atoms with van der Waals surface area (Å²) in [6.07, 6.45) is 3.42. The Balaban J connectivity index is 2.56. The van der Waals surface area contributed by atoms with Gasteiger partial charge in [-0.05, 0) is 41.5 Å². The molecule has 0 aliphatic heterocycles. The van der Waals surface area contributed by atoms with E-state index in [9.17, 15) is 0 Å². The van der Waals surface area contributed by atoms with Crippen LogP contribution in [-0.2, 0) is 6.54 Å². The molecule has 0 saturated carbocycles. The Kier molecular flexibility index (Phi) is 4.09. The molecule has 0 aromatic carbocycles. The lowest BCUT2D eigenvalue weighted by atomic mass is 10.1. The van der Waals surface area contributed by atoms with Crippen LogP contribution in [0.4, 0.5) is 0 Å². The molecule has 1 rings (SSSR count). The zero-order chi connectivity index (χ0) is 13.1. The predicted octanol–water partition coefficient (Wildman–Crippen LogP) is 2.54. The van der Waals surface area contributed by atoms with Crippen molar-refractivity contribution in [1.82, 2.24) is 15.3 Å².